The quantitative estimate of drug-likeness (QED) is 0.774. The Labute approximate surface area is 151 Å². The SMILES string of the molecule is CN(CCc1ccc2c(c1)OCO2)C(=O)C=Cc1ccc2c(c1)OCO2. The third-order valence-corrected chi connectivity index (χ3v) is 4.36. The summed E-state index contributed by atoms with van der Waals surface area (Å²) in [7, 11) is 1.79. The molecule has 6 nitrogen and oxygen atoms in total. The van der Waals surface area contributed by atoms with Crippen molar-refractivity contribution in [3.05, 3.63) is 53.6 Å². The van der Waals surface area contributed by atoms with Crippen molar-refractivity contribution in [2.45, 2.75) is 6.42 Å². The first-order chi connectivity index (χ1) is 12.7. The molecule has 0 aliphatic carbocycles. The fourth-order valence-corrected chi connectivity index (χ4v) is 2.82. The van der Waals surface area contributed by atoms with Crippen molar-refractivity contribution in [3.8, 4) is 23.0 Å². The predicted molar refractivity (Wildman–Crippen MR) is 95.5 cm³/mol. The van der Waals surface area contributed by atoms with Gasteiger partial charge in [0.15, 0.2) is 23.0 Å². The number of ether oxygens (including phenoxy) is 4. The van der Waals surface area contributed by atoms with Gasteiger partial charge in [0.2, 0.25) is 19.5 Å². The largest absolute Gasteiger partial charge is 0.454 e. The lowest BCUT2D eigenvalue weighted by Crippen LogP contribution is -2.27. The van der Waals surface area contributed by atoms with Crippen LogP contribution < -0.4 is 18.9 Å². The fraction of sp³-hybridized carbons (Fsp3) is 0.250. The molecule has 0 aromatic heterocycles. The van der Waals surface area contributed by atoms with Crippen LogP contribution in [0.5, 0.6) is 23.0 Å². The van der Waals surface area contributed by atoms with Crippen LogP contribution in [0.2, 0.25) is 0 Å². The van der Waals surface area contributed by atoms with Gasteiger partial charge in [-0.2, -0.15) is 0 Å². The molecule has 0 unspecified atom stereocenters. The summed E-state index contributed by atoms with van der Waals surface area (Å²) in [6, 6.07) is 11.5. The number of rotatable bonds is 5. The number of amides is 1. The van der Waals surface area contributed by atoms with Crippen LogP contribution in [0.3, 0.4) is 0 Å². The van der Waals surface area contributed by atoms with Crippen molar-refractivity contribution in [1.82, 2.24) is 4.90 Å². The van der Waals surface area contributed by atoms with Crippen LogP contribution in [0.1, 0.15) is 11.1 Å². The summed E-state index contributed by atoms with van der Waals surface area (Å²) in [6.45, 7) is 1.12. The van der Waals surface area contributed by atoms with Gasteiger partial charge in [0.1, 0.15) is 0 Å². The lowest BCUT2D eigenvalue weighted by atomic mass is 10.1. The molecule has 0 fully saturated rings. The smallest absolute Gasteiger partial charge is 0.246 e. The van der Waals surface area contributed by atoms with E-state index in [1.807, 2.05) is 36.4 Å². The summed E-state index contributed by atoms with van der Waals surface area (Å²) >= 11 is 0. The molecule has 0 spiro atoms. The average Bonchev–Trinajstić information content (AvgIpc) is 3.31. The van der Waals surface area contributed by atoms with Crippen LogP contribution in [-0.2, 0) is 11.2 Å². The minimum absolute atomic E-state index is 0.0524. The summed E-state index contributed by atoms with van der Waals surface area (Å²) in [5.74, 6) is 2.91. The van der Waals surface area contributed by atoms with E-state index in [1.54, 1.807) is 24.1 Å². The zero-order chi connectivity index (χ0) is 17.9. The molecule has 134 valence electrons. The number of hydrogen-bond donors (Lipinski definition) is 0. The Morgan fingerprint density at radius 2 is 1.62 bits per heavy atom. The van der Waals surface area contributed by atoms with Gasteiger partial charge in [-0.25, -0.2) is 0 Å². The van der Waals surface area contributed by atoms with Crippen LogP contribution >= 0.6 is 0 Å². The molecule has 0 atom stereocenters. The molecule has 0 saturated carbocycles. The van der Waals surface area contributed by atoms with Gasteiger partial charge in [0.25, 0.3) is 0 Å². The van der Waals surface area contributed by atoms with E-state index in [0.29, 0.717) is 12.3 Å². The highest BCUT2D eigenvalue weighted by molar-refractivity contribution is 5.91. The molecule has 2 heterocycles. The number of likely N-dealkylation sites (N-methyl/N-ethyl adjacent to an activating group) is 1. The zero-order valence-corrected chi connectivity index (χ0v) is 14.4. The van der Waals surface area contributed by atoms with Crippen LogP contribution in [0.15, 0.2) is 42.5 Å². The standard InChI is InChI=1S/C20H19NO5/c1-21(9-8-15-3-6-17-19(11-15)26-13-24-17)20(22)7-4-14-2-5-16-18(10-14)25-12-23-16/h2-7,10-11H,8-9,12-13H2,1H3. The highest BCUT2D eigenvalue weighted by atomic mass is 16.7. The highest BCUT2D eigenvalue weighted by Crippen LogP contribution is 2.33. The first-order valence-corrected chi connectivity index (χ1v) is 8.40. The number of benzene rings is 2. The van der Waals surface area contributed by atoms with E-state index in [0.717, 1.165) is 34.8 Å². The third-order valence-electron chi connectivity index (χ3n) is 4.36. The van der Waals surface area contributed by atoms with Crippen molar-refractivity contribution < 1.29 is 23.7 Å². The molecule has 0 saturated heterocycles. The topological polar surface area (TPSA) is 57.2 Å². The summed E-state index contributed by atoms with van der Waals surface area (Å²) in [5, 5.41) is 0. The monoisotopic (exact) mass is 353 g/mol. The van der Waals surface area contributed by atoms with Crippen molar-refractivity contribution in [3.63, 3.8) is 0 Å². The number of fused-ring (bicyclic) bond motifs is 2. The molecule has 0 radical (unpaired) electrons. The van der Waals surface area contributed by atoms with Crippen LogP contribution in [0.25, 0.3) is 6.08 Å². The molecule has 6 heteroatoms. The van der Waals surface area contributed by atoms with Gasteiger partial charge in [-0.15, -0.1) is 0 Å². The van der Waals surface area contributed by atoms with Gasteiger partial charge >= 0.3 is 0 Å². The second-order valence-corrected chi connectivity index (χ2v) is 6.14. The molecule has 4 rings (SSSR count). The second-order valence-electron chi connectivity index (χ2n) is 6.14. The Kier molecular flexibility index (Phi) is 4.39. The number of carbonyl (C=O) groups is 1. The Morgan fingerprint density at radius 3 is 2.38 bits per heavy atom. The minimum atomic E-state index is -0.0524. The van der Waals surface area contributed by atoms with Gasteiger partial charge < -0.3 is 23.8 Å². The number of nitrogens with zero attached hydrogens (tertiary/aromatic N) is 1. The lowest BCUT2D eigenvalue weighted by Gasteiger charge is -2.15. The van der Waals surface area contributed by atoms with Crippen molar-refractivity contribution in [2.75, 3.05) is 27.2 Å². The Bertz CT molecular complexity index is 861. The lowest BCUT2D eigenvalue weighted by molar-refractivity contribution is -0.124. The van der Waals surface area contributed by atoms with E-state index in [4.69, 9.17) is 18.9 Å². The maximum atomic E-state index is 12.3. The van der Waals surface area contributed by atoms with Gasteiger partial charge in [0.05, 0.1) is 0 Å². The summed E-state index contributed by atoms with van der Waals surface area (Å²) in [4.78, 5) is 14.0. The van der Waals surface area contributed by atoms with E-state index in [2.05, 4.69) is 0 Å². The maximum absolute atomic E-state index is 12.3. The number of hydrogen-bond acceptors (Lipinski definition) is 5. The third kappa shape index (κ3) is 3.44. The molecular formula is C20H19NO5. The summed E-state index contributed by atoms with van der Waals surface area (Å²) < 4.78 is 21.3. The Hall–Kier alpha value is -3.15. The van der Waals surface area contributed by atoms with Crippen LogP contribution in [0, 0.1) is 0 Å². The molecule has 1 amide bonds. The molecule has 2 aromatic carbocycles. The molecule has 0 N–H and O–H groups in total. The highest BCUT2D eigenvalue weighted by Gasteiger charge is 2.14. The van der Waals surface area contributed by atoms with Gasteiger partial charge in [-0.1, -0.05) is 12.1 Å². The minimum Gasteiger partial charge on any atom is -0.454 e. The second kappa shape index (κ2) is 7.00. The van der Waals surface area contributed by atoms with Gasteiger partial charge in [-0.05, 0) is 47.9 Å². The van der Waals surface area contributed by atoms with E-state index in [-0.39, 0.29) is 19.5 Å². The summed E-state index contributed by atoms with van der Waals surface area (Å²) in [6.07, 6.45) is 4.09. The maximum Gasteiger partial charge on any atom is 0.246 e. The first-order valence-electron chi connectivity index (χ1n) is 8.40. The predicted octanol–water partition coefficient (Wildman–Crippen LogP) is 2.86. The molecular weight excluding hydrogens is 334 g/mol. The molecule has 2 aliphatic heterocycles. The molecule has 2 aliphatic rings. The normalized spacial score (nSPS) is 14.0. The van der Waals surface area contributed by atoms with Gasteiger partial charge in [0, 0.05) is 19.7 Å². The number of carbonyl (C=O) groups excluding carboxylic acids is 1. The van der Waals surface area contributed by atoms with Crippen molar-refractivity contribution in [2.24, 2.45) is 0 Å². The zero-order valence-electron chi connectivity index (χ0n) is 14.4. The fourth-order valence-electron chi connectivity index (χ4n) is 2.82. The first kappa shape index (κ1) is 16.3. The molecule has 0 bridgehead atoms. The summed E-state index contributed by atoms with van der Waals surface area (Å²) in [5.41, 5.74) is 2.00. The van der Waals surface area contributed by atoms with E-state index < -0.39 is 0 Å². The van der Waals surface area contributed by atoms with E-state index >= 15 is 0 Å². The molecule has 26 heavy (non-hydrogen) atoms. The van der Waals surface area contributed by atoms with E-state index in [1.165, 1.54) is 0 Å². The molecule has 2 aromatic rings. The van der Waals surface area contributed by atoms with Crippen molar-refractivity contribution >= 4 is 12.0 Å². The van der Waals surface area contributed by atoms with Gasteiger partial charge in [-0.3, -0.25) is 4.79 Å². The Morgan fingerprint density at radius 1 is 0.962 bits per heavy atom. The van der Waals surface area contributed by atoms with E-state index in [9.17, 15) is 4.79 Å². The van der Waals surface area contributed by atoms with Crippen LogP contribution in [0.4, 0.5) is 0 Å². The average molecular weight is 353 g/mol. The van der Waals surface area contributed by atoms with Crippen LogP contribution in [-0.4, -0.2) is 38.0 Å². The van der Waals surface area contributed by atoms with Crippen molar-refractivity contribution in [1.29, 1.82) is 0 Å². The Balaban J connectivity index is 1.33.